The second kappa shape index (κ2) is 3.78. The Morgan fingerprint density at radius 2 is 2.20 bits per heavy atom. The van der Waals surface area contributed by atoms with Gasteiger partial charge >= 0.3 is 0 Å². The quantitative estimate of drug-likeness (QED) is 0.378. The molecule has 10 heavy (non-hydrogen) atoms. The standard InChI is InChI=1S/C7H10O2S/c8-5-6-3-1-2-4-7(6)10-9/h1-2,5-7,9H,3-4H2. The van der Waals surface area contributed by atoms with Crippen LogP contribution in [0.25, 0.3) is 0 Å². The highest BCUT2D eigenvalue weighted by Gasteiger charge is 2.21. The van der Waals surface area contributed by atoms with Crippen LogP contribution in [0.3, 0.4) is 0 Å². The maximum Gasteiger partial charge on any atom is 0.124 e. The van der Waals surface area contributed by atoms with Gasteiger partial charge in [-0.3, -0.25) is 0 Å². The van der Waals surface area contributed by atoms with E-state index < -0.39 is 0 Å². The fourth-order valence-electron chi connectivity index (χ4n) is 1.07. The molecule has 0 bridgehead atoms. The van der Waals surface area contributed by atoms with Crippen molar-refractivity contribution in [2.24, 2.45) is 5.92 Å². The van der Waals surface area contributed by atoms with Gasteiger partial charge < -0.3 is 9.35 Å². The van der Waals surface area contributed by atoms with E-state index in [2.05, 4.69) is 0 Å². The highest BCUT2D eigenvalue weighted by atomic mass is 32.2. The van der Waals surface area contributed by atoms with Crippen LogP contribution in [-0.4, -0.2) is 16.1 Å². The van der Waals surface area contributed by atoms with E-state index in [-0.39, 0.29) is 11.2 Å². The first-order chi connectivity index (χ1) is 4.88. The van der Waals surface area contributed by atoms with Crippen LogP contribution < -0.4 is 0 Å². The van der Waals surface area contributed by atoms with Crippen LogP contribution >= 0.6 is 12.0 Å². The molecule has 1 N–H and O–H groups in total. The van der Waals surface area contributed by atoms with Crippen molar-refractivity contribution in [3.8, 4) is 0 Å². The monoisotopic (exact) mass is 158 g/mol. The number of carbonyl (C=O) groups is 1. The molecule has 0 amide bonds. The number of rotatable bonds is 2. The van der Waals surface area contributed by atoms with Crippen LogP contribution in [0.2, 0.25) is 0 Å². The molecule has 56 valence electrons. The molecule has 0 aromatic heterocycles. The topological polar surface area (TPSA) is 37.3 Å². The summed E-state index contributed by atoms with van der Waals surface area (Å²) in [7, 11) is 0. The fourth-order valence-corrected chi connectivity index (χ4v) is 1.60. The molecule has 0 spiro atoms. The lowest BCUT2D eigenvalue weighted by atomic mass is 9.95. The minimum Gasteiger partial charge on any atom is -0.330 e. The van der Waals surface area contributed by atoms with Crippen LogP contribution in [0, 0.1) is 5.92 Å². The third-order valence-electron chi connectivity index (χ3n) is 1.73. The Labute approximate surface area is 64.5 Å². The molecule has 0 fully saturated rings. The second-order valence-corrected chi connectivity index (χ2v) is 3.20. The van der Waals surface area contributed by atoms with Crippen molar-refractivity contribution in [3.05, 3.63) is 12.2 Å². The number of hydrogen-bond donors (Lipinski definition) is 1. The SMILES string of the molecule is O=CC1CC=CCC1SO. The number of aldehydes is 1. The van der Waals surface area contributed by atoms with Gasteiger partial charge in [0.15, 0.2) is 0 Å². The summed E-state index contributed by atoms with van der Waals surface area (Å²) in [6.07, 6.45) is 6.52. The van der Waals surface area contributed by atoms with Gasteiger partial charge in [0.25, 0.3) is 0 Å². The molecule has 2 atom stereocenters. The van der Waals surface area contributed by atoms with Crippen molar-refractivity contribution in [1.82, 2.24) is 0 Å². The molecular formula is C7H10O2S. The van der Waals surface area contributed by atoms with Crippen molar-refractivity contribution in [2.45, 2.75) is 18.1 Å². The molecule has 0 aliphatic heterocycles. The van der Waals surface area contributed by atoms with Crippen molar-refractivity contribution in [2.75, 3.05) is 0 Å². The minimum absolute atomic E-state index is 0.0139. The average molecular weight is 158 g/mol. The van der Waals surface area contributed by atoms with Crippen LogP contribution in [0.1, 0.15) is 12.8 Å². The highest BCUT2D eigenvalue weighted by Crippen LogP contribution is 2.26. The zero-order valence-electron chi connectivity index (χ0n) is 5.56. The summed E-state index contributed by atoms with van der Waals surface area (Å²) in [5.74, 6) is 0.0139. The number of hydrogen-bond acceptors (Lipinski definition) is 3. The molecule has 0 aromatic rings. The van der Waals surface area contributed by atoms with Gasteiger partial charge in [0.05, 0.1) is 0 Å². The van der Waals surface area contributed by atoms with Gasteiger partial charge in [0.1, 0.15) is 6.29 Å². The lowest BCUT2D eigenvalue weighted by Gasteiger charge is -2.19. The van der Waals surface area contributed by atoms with Gasteiger partial charge in [-0.05, 0) is 24.9 Å². The van der Waals surface area contributed by atoms with Gasteiger partial charge in [-0.2, -0.15) is 0 Å². The Morgan fingerprint density at radius 1 is 1.50 bits per heavy atom. The molecule has 1 aliphatic rings. The van der Waals surface area contributed by atoms with Gasteiger partial charge in [-0.25, -0.2) is 0 Å². The van der Waals surface area contributed by atoms with E-state index >= 15 is 0 Å². The van der Waals surface area contributed by atoms with E-state index in [0.717, 1.165) is 31.2 Å². The summed E-state index contributed by atoms with van der Waals surface area (Å²) in [4.78, 5) is 10.4. The van der Waals surface area contributed by atoms with Crippen LogP contribution in [-0.2, 0) is 4.79 Å². The first-order valence-electron chi connectivity index (χ1n) is 3.29. The van der Waals surface area contributed by atoms with E-state index in [1.54, 1.807) is 0 Å². The molecule has 2 nitrogen and oxygen atoms in total. The summed E-state index contributed by atoms with van der Waals surface area (Å²) in [6.45, 7) is 0. The Hall–Kier alpha value is -0.280. The molecule has 0 saturated heterocycles. The van der Waals surface area contributed by atoms with Crippen molar-refractivity contribution >= 4 is 18.3 Å². The Morgan fingerprint density at radius 3 is 2.70 bits per heavy atom. The normalized spacial score (nSPS) is 32.1. The van der Waals surface area contributed by atoms with Crippen molar-refractivity contribution in [1.29, 1.82) is 0 Å². The lowest BCUT2D eigenvalue weighted by Crippen LogP contribution is -2.19. The summed E-state index contributed by atoms with van der Waals surface area (Å²) < 4.78 is 8.72. The molecule has 2 unspecified atom stereocenters. The Balaban J connectivity index is 2.53. The summed E-state index contributed by atoms with van der Waals surface area (Å²) >= 11 is 0.796. The third-order valence-corrected chi connectivity index (χ3v) is 2.54. The number of carbonyl (C=O) groups excluding carboxylic acids is 1. The van der Waals surface area contributed by atoms with Crippen LogP contribution in [0.4, 0.5) is 0 Å². The number of allylic oxidation sites excluding steroid dienone is 2. The van der Waals surface area contributed by atoms with Crippen LogP contribution in [0.5, 0.6) is 0 Å². The van der Waals surface area contributed by atoms with E-state index in [1.165, 1.54) is 0 Å². The summed E-state index contributed by atoms with van der Waals surface area (Å²) in [5, 5.41) is 0.0856. The average Bonchev–Trinajstić information content (AvgIpc) is 2.04. The van der Waals surface area contributed by atoms with Gasteiger partial charge in [0, 0.05) is 11.2 Å². The minimum atomic E-state index is 0.0139. The van der Waals surface area contributed by atoms with Crippen molar-refractivity contribution < 1.29 is 9.35 Å². The molecule has 1 aliphatic carbocycles. The maximum atomic E-state index is 10.4. The molecule has 0 heterocycles. The molecule has 0 radical (unpaired) electrons. The molecule has 3 heteroatoms. The van der Waals surface area contributed by atoms with Crippen molar-refractivity contribution in [3.63, 3.8) is 0 Å². The van der Waals surface area contributed by atoms with E-state index in [4.69, 9.17) is 4.55 Å². The van der Waals surface area contributed by atoms with E-state index in [9.17, 15) is 4.79 Å². The fraction of sp³-hybridized carbons (Fsp3) is 0.571. The van der Waals surface area contributed by atoms with Gasteiger partial charge in [0.2, 0.25) is 0 Å². The molecule has 0 saturated carbocycles. The van der Waals surface area contributed by atoms with E-state index in [1.807, 2.05) is 12.2 Å². The second-order valence-electron chi connectivity index (χ2n) is 2.39. The Bertz CT molecular complexity index is 145. The van der Waals surface area contributed by atoms with E-state index in [0.29, 0.717) is 0 Å². The molecule has 1 rings (SSSR count). The zero-order chi connectivity index (χ0) is 7.40. The highest BCUT2D eigenvalue weighted by molar-refractivity contribution is 7.94. The predicted molar refractivity (Wildman–Crippen MR) is 41.9 cm³/mol. The largest absolute Gasteiger partial charge is 0.330 e. The molecular weight excluding hydrogens is 148 g/mol. The van der Waals surface area contributed by atoms with Gasteiger partial charge in [-0.15, -0.1) is 0 Å². The molecule has 0 aromatic carbocycles. The smallest absolute Gasteiger partial charge is 0.124 e. The summed E-state index contributed by atoms with van der Waals surface area (Å²) in [6, 6.07) is 0. The Kier molecular flexibility index (Phi) is 2.96. The summed E-state index contributed by atoms with van der Waals surface area (Å²) in [5.41, 5.74) is 0. The van der Waals surface area contributed by atoms with Gasteiger partial charge in [-0.1, -0.05) is 12.2 Å². The first kappa shape index (κ1) is 7.82. The third kappa shape index (κ3) is 1.61. The first-order valence-corrected chi connectivity index (χ1v) is 4.12. The predicted octanol–water partition coefficient (Wildman–Crippen LogP) is 1.73. The lowest BCUT2D eigenvalue weighted by molar-refractivity contribution is -0.111. The maximum absolute atomic E-state index is 10.4. The zero-order valence-corrected chi connectivity index (χ0v) is 6.38. The van der Waals surface area contributed by atoms with Crippen LogP contribution in [0.15, 0.2) is 12.2 Å².